The number of amidine groups is 1. The van der Waals surface area contributed by atoms with Gasteiger partial charge in [-0.25, -0.2) is 4.79 Å². The number of nitrogen functional groups attached to an aromatic ring is 1. The van der Waals surface area contributed by atoms with E-state index in [-0.39, 0.29) is 18.5 Å². The van der Waals surface area contributed by atoms with Crippen LogP contribution in [0.4, 0.5) is 5.69 Å². The monoisotopic (exact) mass is 511 g/mol. The zero-order chi connectivity index (χ0) is 27.1. The molecule has 8 heteroatoms. The number of hydrogen-bond donors (Lipinski definition) is 3. The summed E-state index contributed by atoms with van der Waals surface area (Å²) in [4.78, 5) is 26.7. The predicted octanol–water partition coefficient (Wildman–Crippen LogP) is 5.59. The van der Waals surface area contributed by atoms with Gasteiger partial charge in [-0.05, 0) is 82.9 Å². The van der Waals surface area contributed by atoms with Gasteiger partial charge < -0.3 is 25.3 Å². The van der Waals surface area contributed by atoms with Crippen molar-refractivity contribution in [3.8, 4) is 16.9 Å². The van der Waals surface area contributed by atoms with Crippen molar-refractivity contribution in [1.29, 1.82) is 5.41 Å². The molecule has 38 heavy (non-hydrogen) atoms. The van der Waals surface area contributed by atoms with E-state index in [1.165, 1.54) is 7.11 Å². The van der Waals surface area contributed by atoms with Gasteiger partial charge in [0.05, 0.1) is 17.7 Å². The molecular formula is C30H29N3O5. The van der Waals surface area contributed by atoms with E-state index in [2.05, 4.69) is 5.32 Å². The third-order valence-electron chi connectivity index (χ3n) is 5.87. The normalized spacial score (nSPS) is 10.7. The first-order valence-electron chi connectivity index (χ1n) is 12.1. The molecule has 4 aromatic carbocycles. The molecule has 0 unspecified atom stereocenters. The van der Waals surface area contributed by atoms with E-state index in [1.807, 2.05) is 37.3 Å². The van der Waals surface area contributed by atoms with E-state index < -0.39 is 5.97 Å². The fourth-order valence-electron chi connectivity index (χ4n) is 4.01. The second-order valence-corrected chi connectivity index (χ2v) is 8.58. The number of amides is 1. The number of carbonyl (C=O) groups excluding carboxylic acids is 2. The van der Waals surface area contributed by atoms with E-state index >= 15 is 0 Å². The van der Waals surface area contributed by atoms with Crippen LogP contribution in [0, 0.1) is 5.41 Å². The smallest absolute Gasteiger partial charge is 0.340 e. The molecule has 4 aromatic rings. The summed E-state index contributed by atoms with van der Waals surface area (Å²) in [5, 5.41) is 12.2. The maximum absolute atomic E-state index is 13.6. The molecule has 0 heterocycles. The van der Waals surface area contributed by atoms with Crippen LogP contribution in [-0.4, -0.2) is 38.2 Å². The number of methoxy groups -OCH3 is 1. The summed E-state index contributed by atoms with van der Waals surface area (Å²) in [7, 11) is 1.44. The lowest BCUT2D eigenvalue weighted by molar-refractivity contribution is -0.0124. The average Bonchev–Trinajstić information content (AvgIpc) is 2.94. The first-order valence-corrected chi connectivity index (χ1v) is 12.1. The van der Waals surface area contributed by atoms with Crippen molar-refractivity contribution in [3.05, 3.63) is 95.6 Å². The van der Waals surface area contributed by atoms with E-state index in [4.69, 9.17) is 25.4 Å². The Morgan fingerprint density at radius 2 is 1.61 bits per heavy atom. The second-order valence-electron chi connectivity index (χ2n) is 8.58. The van der Waals surface area contributed by atoms with Gasteiger partial charge >= 0.3 is 5.97 Å². The fourth-order valence-corrected chi connectivity index (χ4v) is 4.01. The third-order valence-corrected chi connectivity index (χ3v) is 5.87. The van der Waals surface area contributed by atoms with E-state index in [1.54, 1.807) is 48.5 Å². The van der Waals surface area contributed by atoms with Crippen molar-refractivity contribution >= 4 is 34.2 Å². The van der Waals surface area contributed by atoms with Gasteiger partial charge in [0.1, 0.15) is 11.6 Å². The number of nitrogens with two attached hydrogens (primary N) is 1. The summed E-state index contributed by atoms with van der Waals surface area (Å²) in [6.45, 7) is 2.30. The highest BCUT2D eigenvalue weighted by atomic mass is 16.7. The van der Waals surface area contributed by atoms with Gasteiger partial charge in [0.25, 0.3) is 5.91 Å². The van der Waals surface area contributed by atoms with Crippen LogP contribution in [0.15, 0.2) is 78.9 Å². The standard InChI is InChI=1S/C30H29N3O5/c1-3-14-37-23-12-13-24(26(17-23)29(34)33-22-10-8-19(9-11-22)28(31)32)25-15-20-6-4-5-7-21(20)16-27(25)30(35)38-18-36-2/h4-13,15-17H,3,14,18H2,1-2H3,(H3,31,32)(H,33,34). The maximum Gasteiger partial charge on any atom is 0.340 e. The van der Waals surface area contributed by atoms with Crippen molar-refractivity contribution in [2.24, 2.45) is 5.73 Å². The number of nitrogens with one attached hydrogen (secondary N) is 2. The SMILES string of the molecule is CCCOc1ccc(-c2cc3ccccc3cc2C(=O)OCOC)c(C(=O)Nc2ccc(C(=N)N)cc2)c1. The number of anilines is 1. The van der Waals surface area contributed by atoms with Crippen molar-refractivity contribution < 1.29 is 23.8 Å². The van der Waals surface area contributed by atoms with Crippen molar-refractivity contribution in [2.45, 2.75) is 13.3 Å². The van der Waals surface area contributed by atoms with Gasteiger partial charge in [0.2, 0.25) is 0 Å². The number of fused-ring (bicyclic) bond motifs is 1. The Morgan fingerprint density at radius 1 is 0.895 bits per heavy atom. The van der Waals surface area contributed by atoms with E-state index in [0.717, 1.165) is 17.2 Å². The Morgan fingerprint density at radius 3 is 2.26 bits per heavy atom. The van der Waals surface area contributed by atoms with Gasteiger partial charge in [-0.3, -0.25) is 10.2 Å². The average molecular weight is 512 g/mol. The van der Waals surface area contributed by atoms with Crippen LogP contribution in [0.3, 0.4) is 0 Å². The van der Waals surface area contributed by atoms with Crippen molar-refractivity contribution in [3.63, 3.8) is 0 Å². The number of rotatable bonds is 10. The minimum atomic E-state index is -0.565. The molecule has 0 atom stereocenters. The summed E-state index contributed by atoms with van der Waals surface area (Å²) >= 11 is 0. The molecule has 194 valence electrons. The Kier molecular flexibility index (Phi) is 8.35. The first-order chi connectivity index (χ1) is 18.4. The van der Waals surface area contributed by atoms with Crippen LogP contribution >= 0.6 is 0 Å². The largest absolute Gasteiger partial charge is 0.494 e. The zero-order valence-electron chi connectivity index (χ0n) is 21.2. The lowest BCUT2D eigenvalue weighted by Gasteiger charge is -2.17. The van der Waals surface area contributed by atoms with Gasteiger partial charge in [0.15, 0.2) is 6.79 Å². The van der Waals surface area contributed by atoms with Crippen molar-refractivity contribution in [2.75, 3.05) is 25.8 Å². The molecule has 1 amide bonds. The molecule has 4 rings (SSSR count). The second kappa shape index (κ2) is 12.0. The van der Waals surface area contributed by atoms with Crippen LogP contribution in [0.25, 0.3) is 21.9 Å². The molecule has 0 saturated heterocycles. The van der Waals surface area contributed by atoms with E-state index in [9.17, 15) is 9.59 Å². The summed E-state index contributed by atoms with van der Waals surface area (Å²) in [6, 6.07) is 23.2. The number of esters is 1. The molecule has 0 aromatic heterocycles. The molecule has 0 radical (unpaired) electrons. The van der Waals surface area contributed by atoms with Crippen LogP contribution in [0.5, 0.6) is 5.75 Å². The van der Waals surface area contributed by atoms with Crippen LogP contribution < -0.4 is 15.8 Å². The molecule has 0 spiro atoms. The van der Waals surface area contributed by atoms with Gasteiger partial charge in [-0.2, -0.15) is 0 Å². The third kappa shape index (κ3) is 5.99. The van der Waals surface area contributed by atoms with Crippen LogP contribution in [0.2, 0.25) is 0 Å². The van der Waals surface area contributed by atoms with Gasteiger partial charge in [-0.1, -0.05) is 31.2 Å². The molecular weight excluding hydrogens is 482 g/mol. The molecule has 0 saturated carbocycles. The van der Waals surface area contributed by atoms with E-state index in [0.29, 0.717) is 45.9 Å². The van der Waals surface area contributed by atoms with Crippen LogP contribution in [-0.2, 0) is 9.47 Å². The molecule has 4 N–H and O–H groups in total. The predicted molar refractivity (Wildman–Crippen MR) is 148 cm³/mol. The molecule has 0 bridgehead atoms. The molecule has 0 aliphatic heterocycles. The Bertz CT molecular complexity index is 1480. The number of benzene rings is 4. The first kappa shape index (κ1) is 26.4. The number of hydrogen-bond acceptors (Lipinski definition) is 6. The highest BCUT2D eigenvalue weighted by Gasteiger charge is 2.22. The molecule has 0 aliphatic rings. The van der Waals surface area contributed by atoms with Crippen molar-refractivity contribution in [1.82, 2.24) is 0 Å². The lowest BCUT2D eigenvalue weighted by Crippen LogP contribution is -2.15. The topological polar surface area (TPSA) is 124 Å². The summed E-state index contributed by atoms with van der Waals surface area (Å²) < 4.78 is 16.0. The minimum Gasteiger partial charge on any atom is -0.494 e. The maximum atomic E-state index is 13.6. The summed E-state index contributed by atoms with van der Waals surface area (Å²) in [5.41, 5.74) is 8.34. The Hall–Kier alpha value is -4.69. The number of ether oxygens (including phenoxy) is 3. The quantitative estimate of drug-likeness (QED) is 0.110. The minimum absolute atomic E-state index is 0.0601. The van der Waals surface area contributed by atoms with Gasteiger partial charge in [-0.15, -0.1) is 0 Å². The Labute approximate surface area is 220 Å². The highest BCUT2D eigenvalue weighted by Crippen LogP contribution is 2.34. The zero-order valence-corrected chi connectivity index (χ0v) is 21.2. The van der Waals surface area contributed by atoms with Crippen LogP contribution in [0.1, 0.15) is 39.6 Å². The number of carbonyl (C=O) groups is 2. The summed E-state index contributed by atoms with van der Waals surface area (Å²) in [5.74, 6) is -0.473. The Balaban J connectivity index is 1.82. The summed E-state index contributed by atoms with van der Waals surface area (Å²) in [6.07, 6.45) is 0.811. The fraction of sp³-hybridized carbons (Fsp3) is 0.167. The molecule has 0 fully saturated rings. The lowest BCUT2D eigenvalue weighted by atomic mass is 9.92. The van der Waals surface area contributed by atoms with Gasteiger partial charge in [0, 0.05) is 18.4 Å². The molecule has 8 nitrogen and oxygen atoms in total. The molecule has 0 aliphatic carbocycles. The highest BCUT2D eigenvalue weighted by molar-refractivity contribution is 6.12.